The van der Waals surface area contributed by atoms with Gasteiger partial charge in [-0.25, -0.2) is 9.37 Å². The molecular weight excluding hydrogens is 227 g/mol. The van der Waals surface area contributed by atoms with Crippen LogP contribution in [-0.4, -0.2) is 11.5 Å². The largest absolute Gasteiger partial charge is 0.367 e. The first kappa shape index (κ1) is 11.6. The first-order chi connectivity index (χ1) is 7.53. The SMILES string of the molecule is CC(C)C1(CNc2ncc(Cl)cc2F)CC1. The molecule has 0 saturated heterocycles. The molecule has 88 valence electrons. The van der Waals surface area contributed by atoms with Crippen LogP contribution in [0.5, 0.6) is 0 Å². The Bertz CT molecular complexity index is 389. The van der Waals surface area contributed by atoms with Gasteiger partial charge >= 0.3 is 0 Å². The average Bonchev–Trinajstić information content (AvgIpc) is 2.97. The van der Waals surface area contributed by atoms with E-state index in [0.29, 0.717) is 22.2 Å². The van der Waals surface area contributed by atoms with Gasteiger partial charge in [-0.2, -0.15) is 0 Å². The summed E-state index contributed by atoms with van der Waals surface area (Å²) in [4.78, 5) is 3.95. The molecule has 0 amide bonds. The van der Waals surface area contributed by atoms with Crippen molar-refractivity contribution >= 4 is 17.4 Å². The van der Waals surface area contributed by atoms with Crippen LogP contribution < -0.4 is 5.32 Å². The summed E-state index contributed by atoms with van der Waals surface area (Å²) in [7, 11) is 0. The summed E-state index contributed by atoms with van der Waals surface area (Å²) >= 11 is 5.64. The second-order valence-corrected chi connectivity index (χ2v) is 5.29. The summed E-state index contributed by atoms with van der Waals surface area (Å²) in [6.45, 7) is 5.21. The maximum atomic E-state index is 13.4. The van der Waals surface area contributed by atoms with E-state index in [9.17, 15) is 4.39 Å². The topological polar surface area (TPSA) is 24.9 Å². The summed E-state index contributed by atoms with van der Waals surface area (Å²) in [5, 5.41) is 3.41. The minimum Gasteiger partial charge on any atom is -0.367 e. The highest BCUT2D eigenvalue weighted by Crippen LogP contribution is 2.51. The standard InChI is InChI=1S/C12H16ClFN2/c1-8(2)12(3-4-12)7-16-11-10(14)5-9(13)6-15-11/h5-6,8H,3-4,7H2,1-2H3,(H,15,16). The molecule has 0 bridgehead atoms. The number of rotatable bonds is 4. The van der Waals surface area contributed by atoms with E-state index in [1.807, 2.05) is 0 Å². The van der Waals surface area contributed by atoms with Gasteiger partial charge in [0.05, 0.1) is 5.02 Å². The summed E-state index contributed by atoms with van der Waals surface area (Å²) < 4.78 is 13.4. The number of hydrogen-bond donors (Lipinski definition) is 1. The van der Waals surface area contributed by atoms with Crippen molar-refractivity contribution in [2.75, 3.05) is 11.9 Å². The van der Waals surface area contributed by atoms with Gasteiger partial charge in [-0.05, 0) is 30.2 Å². The van der Waals surface area contributed by atoms with Crippen LogP contribution in [0.25, 0.3) is 0 Å². The maximum Gasteiger partial charge on any atom is 0.166 e. The van der Waals surface area contributed by atoms with Crippen LogP contribution in [0.4, 0.5) is 10.2 Å². The van der Waals surface area contributed by atoms with Crippen molar-refractivity contribution in [2.24, 2.45) is 11.3 Å². The van der Waals surface area contributed by atoms with E-state index in [4.69, 9.17) is 11.6 Å². The van der Waals surface area contributed by atoms with Gasteiger partial charge in [-0.3, -0.25) is 0 Å². The highest BCUT2D eigenvalue weighted by molar-refractivity contribution is 6.30. The Labute approximate surface area is 100 Å². The Hall–Kier alpha value is -0.830. The van der Waals surface area contributed by atoms with Gasteiger partial charge in [0.15, 0.2) is 11.6 Å². The highest BCUT2D eigenvalue weighted by Gasteiger charge is 2.45. The molecular formula is C12H16ClFN2. The lowest BCUT2D eigenvalue weighted by Gasteiger charge is -2.20. The first-order valence-corrected chi connectivity index (χ1v) is 5.96. The number of anilines is 1. The van der Waals surface area contributed by atoms with Crippen molar-refractivity contribution in [3.05, 3.63) is 23.1 Å². The van der Waals surface area contributed by atoms with Gasteiger partial charge in [-0.1, -0.05) is 25.4 Å². The maximum absolute atomic E-state index is 13.4. The van der Waals surface area contributed by atoms with E-state index in [1.54, 1.807) is 0 Å². The van der Waals surface area contributed by atoms with Gasteiger partial charge in [0.25, 0.3) is 0 Å². The van der Waals surface area contributed by atoms with Crippen molar-refractivity contribution in [1.29, 1.82) is 0 Å². The molecule has 4 heteroatoms. The second-order valence-electron chi connectivity index (χ2n) is 4.85. The molecule has 0 atom stereocenters. The number of nitrogens with zero attached hydrogens (tertiary/aromatic N) is 1. The minimum absolute atomic E-state index is 0.302. The molecule has 1 aromatic rings. The summed E-state index contributed by atoms with van der Waals surface area (Å²) in [5.74, 6) is 0.541. The number of nitrogens with one attached hydrogen (secondary N) is 1. The molecule has 0 aromatic carbocycles. The number of halogens is 2. The average molecular weight is 243 g/mol. The third-order valence-electron chi connectivity index (χ3n) is 3.53. The predicted molar refractivity (Wildman–Crippen MR) is 64.2 cm³/mol. The van der Waals surface area contributed by atoms with E-state index in [1.165, 1.54) is 25.1 Å². The normalized spacial score (nSPS) is 17.6. The van der Waals surface area contributed by atoms with Crippen LogP contribution in [0.1, 0.15) is 26.7 Å². The number of aromatic nitrogens is 1. The predicted octanol–water partition coefficient (Wildman–Crippen LogP) is 3.72. The summed E-state index contributed by atoms with van der Waals surface area (Å²) in [5.41, 5.74) is 0.341. The van der Waals surface area contributed by atoms with Gasteiger partial charge in [0.1, 0.15) is 0 Å². The third-order valence-corrected chi connectivity index (χ3v) is 3.74. The fourth-order valence-corrected chi connectivity index (χ4v) is 2.07. The van der Waals surface area contributed by atoms with Crippen LogP contribution >= 0.6 is 11.6 Å². The lowest BCUT2D eigenvalue weighted by molar-refractivity contribution is 0.379. The van der Waals surface area contributed by atoms with Crippen LogP contribution in [0.3, 0.4) is 0 Å². The van der Waals surface area contributed by atoms with E-state index in [-0.39, 0.29) is 5.82 Å². The smallest absolute Gasteiger partial charge is 0.166 e. The minimum atomic E-state index is -0.382. The Morgan fingerprint density at radius 2 is 2.25 bits per heavy atom. The van der Waals surface area contributed by atoms with E-state index in [2.05, 4.69) is 24.1 Å². The Balaban J connectivity index is 2.00. The summed E-state index contributed by atoms with van der Waals surface area (Å²) in [6, 6.07) is 1.28. The third kappa shape index (κ3) is 2.29. The van der Waals surface area contributed by atoms with Gasteiger partial charge in [-0.15, -0.1) is 0 Å². The molecule has 1 aliphatic rings. The first-order valence-electron chi connectivity index (χ1n) is 5.58. The molecule has 2 rings (SSSR count). The Morgan fingerprint density at radius 3 is 2.75 bits per heavy atom. The lowest BCUT2D eigenvalue weighted by atomic mass is 9.92. The molecule has 0 aliphatic heterocycles. The lowest BCUT2D eigenvalue weighted by Crippen LogP contribution is -2.21. The van der Waals surface area contributed by atoms with Crippen LogP contribution in [-0.2, 0) is 0 Å². The monoisotopic (exact) mass is 242 g/mol. The van der Waals surface area contributed by atoms with Gasteiger partial charge in [0.2, 0.25) is 0 Å². The second kappa shape index (κ2) is 4.21. The van der Waals surface area contributed by atoms with E-state index < -0.39 is 0 Å². The van der Waals surface area contributed by atoms with E-state index in [0.717, 1.165) is 6.54 Å². The fourth-order valence-electron chi connectivity index (χ4n) is 1.92. The molecule has 0 unspecified atom stereocenters. The zero-order chi connectivity index (χ0) is 11.8. The van der Waals surface area contributed by atoms with E-state index >= 15 is 0 Å². The van der Waals surface area contributed by atoms with Crippen LogP contribution in [0.2, 0.25) is 5.02 Å². The zero-order valence-corrected chi connectivity index (χ0v) is 10.3. The van der Waals surface area contributed by atoms with Crippen molar-refractivity contribution in [3.8, 4) is 0 Å². The summed E-state index contributed by atoms with van der Waals surface area (Å²) in [6.07, 6.45) is 3.89. The zero-order valence-electron chi connectivity index (χ0n) is 9.56. The molecule has 1 aromatic heterocycles. The number of pyridine rings is 1. The Kier molecular flexibility index (Phi) is 3.06. The van der Waals surface area contributed by atoms with Crippen LogP contribution in [0, 0.1) is 17.2 Å². The molecule has 1 fully saturated rings. The molecule has 2 nitrogen and oxygen atoms in total. The number of hydrogen-bond acceptors (Lipinski definition) is 2. The highest BCUT2D eigenvalue weighted by atomic mass is 35.5. The fraction of sp³-hybridized carbons (Fsp3) is 0.583. The molecule has 1 saturated carbocycles. The van der Waals surface area contributed by atoms with Gasteiger partial charge < -0.3 is 5.32 Å². The molecule has 1 aliphatic carbocycles. The van der Waals surface area contributed by atoms with Crippen molar-refractivity contribution in [2.45, 2.75) is 26.7 Å². The molecule has 1 heterocycles. The van der Waals surface area contributed by atoms with Crippen molar-refractivity contribution in [1.82, 2.24) is 4.98 Å². The van der Waals surface area contributed by atoms with Crippen LogP contribution in [0.15, 0.2) is 12.3 Å². The molecule has 0 spiro atoms. The van der Waals surface area contributed by atoms with Crippen molar-refractivity contribution < 1.29 is 4.39 Å². The van der Waals surface area contributed by atoms with Gasteiger partial charge in [0, 0.05) is 12.7 Å². The molecule has 1 N–H and O–H groups in total. The quantitative estimate of drug-likeness (QED) is 0.871. The molecule has 0 radical (unpaired) electrons. The van der Waals surface area contributed by atoms with Crippen molar-refractivity contribution in [3.63, 3.8) is 0 Å². The Morgan fingerprint density at radius 1 is 1.56 bits per heavy atom. The molecule has 16 heavy (non-hydrogen) atoms.